The largest absolute Gasteiger partial charge is 0.353 e. The standard InChI is InChI=1S/C21H26N4O2S/c1-4-6-11-25-20(27)19-17(12-14(3)22-19)24-21(25)28-13-18(26)23-16-10-8-7-9-15(16)5-2/h7-10,12,22H,4-6,11,13H2,1-3H3,(H,23,26). The number of thioether (sulfide) groups is 1. The number of hydrogen-bond donors (Lipinski definition) is 2. The van der Waals surface area contributed by atoms with Crippen LogP contribution in [-0.4, -0.2) is 26.2 Å². The maximum absolute atomic E-state index is 12.9. The Hall–Kier alpha value is -2.54. The Morgan fingerprint density at radius 2 is 2.07 bits per heavy atom. The molecule has 2 aromatic heterocycles. The van der Waals surface area contributed by atoms with Gasteiger partial charge in [0, 0.05) is 17.9 Å². The number of nitrogens with zero attached hydrogens (tertiary/aromatic N) is 2. The highest BCUT2D eigenvalue weighted by atomic mass is 32.2. The van der Waals surface area contributed by atoms with Crippen molar-refractivity contribution < 1.29 is 4.79 Å². The molecule has 2 heterocycles. The lowest BCUT2D eigenvalue weighted by Gasteiger charge is -2.12. The zero-order chi connectivity index (χ0) is 20.1. The molecule has 6 nitrogen and oxygen atoms in total. The Morgan fingerprint density at radius 3 is 2.82 bits per heavy atom. The van der Waals surface area contributed by atoms with Crippen LogP contribution in [0.15, 0.2) is 40.3 Å². The first-order valence-corrected chi connectivity index (χ1v) is 10.6. The van der Waals surface area contributed by atoms with Crippen LogP contribution in [-0.2, 0) is 17.8 Å². The number of nitrogens with one attached hydrogen (secondary N) is 2. The Labute approximate surface area is 168 Å². The van der Waals surface area contributed by atoms with Crippen LogP contribution >= 0.6 is 11.8 Å². The monoisotopic (exact) mass is 398 g/mol. The van der Waals surface area contributed by atoms with Gasteiger partial charge in [0.25, 0.3) is 5.56 Å². The topological polar surface area (TPSA) is 79.8 Å². The fraction of sp³-hybridized carbons (Fsp3) is 0.381. The molecule has 0 fully saturated rings. The minimum atomic E-state index is -0.104. The van der Waals surface area contributed by atoms with E-state index in [1.165, 1.54) is 11.8 Å². The van der Waals surface area contributed by atoms with E-state index in [2.05, 4.69) is 29.1 Å². The molecule has 1 amide bonds. The lowest BCUT2D eigenvalue weighted by molar-refractivity contribution is -0.113. The molecule has 148 valence electrons. The average Bonchev–Trinajstić information content (AvgIpc) is 3.07. The van der Waals surface area contributed by atoms with Crippen LogP contribution in [0.4, 0.5) is 5.69 Å². The Balaban J connectivity index is 1.80. The Bertz CT molecular complexity index is 1040. The van der Waals surface area contributed by atoms with Crippen LogP contribution in [0.5, 0.6) is 0 Å². The number of anilines is 1. The van der Waals surface area contributed by atoms with Crippen molar-refractivity contribution >= 4 is 34.4 Å². The zero-order valence-corrected chi connectivity index (χ0v) is 17.4. The second kappa shape index (κ2) is 9.10. The molecule has 0 aliphatic carbocycles. The van der Waals surface area contributed by atoms with E-state index in [9.17, 15) is 9.59 Å². The van der Waals surface area contributed by atoms with Crippen molar-refractivity contribution in [2.45, 2.75) is 51.7 Å². The van der Waals surface area contributed by atoms with Gasteiger partial charge >= 0.3 is 0 Å². The minimum absolute atomic E-state index is 0.0780. The third-order valence-corrected chi connectivity index (χ3v) is 5.55. The fourth-order valence-electron chi connectivity index (χ4n) is 3.10. The first kappa shape index (κ1) is 20.2. The van der Waals surface area contributed by atoms with E-state index in [1.807, 2.05) is 37.3 Å². The molecule has 7 heteroatoms. The van der Waals surface area contributed by atoms with Gasteiger partial charge < -0.3 is 10.3 Å². The predicted molar refractivity (Wildman–Crippen MR) is 115 cm³/mol. The van der Waals surface area contributed by atoms with Crippen molar-refractivity contribution in [1.29, 1.82) is 0 Å². The van der Waals surface area contributed by atoms with Crippen molar-refractivity contribution in [3.63, 3.8) is 0 Å². The van der Waals surface area contributed by atoms with Crippen molar-refractivity contribution in [3.05, 3.63) is 51.9 Å². The Morgan fingerprint density at radius 1 is 1.29 bits per heavy atom. The molecule has 0 spiro atoms. The van der Waals surface area contributed by atoms with Crippen LogP contribution in [0, 0.1) is 6.92 Å². The summed E-state index contributed by atoms with van der Waals surface area (Å²) in [6, 6.07) is 9.66. The smallest absolute Gasteiger partial charge is 0.278 e. The third-order valence-electron chi connectivity index (χ3n) is 4.58. The van der Waals surface area contributed by atoms with Crippen LogP contribution in [0.1, 0.15) is 37.9 Å². The molecule has 0 aliphatic heterocycles. The summed E-state index contributed by atoms with van der Waals surface area (Å²) < 4.78 is 1.68. The van der Waals surface area contributed by atoms with Gasteiger partial charge in [-0.25, -0.2) is 4.98 Å². The quantitative estimate of drug-likeness (QED) is 0.442. The molecule has 0 unspecified atom stereocenters. The molecule has 0 atom stereocenters. The van der Waals surface area contributed by atoms with Crippen molar-refractivity contribution in [2.24, 2.45) is 0 Å². The highest BCUT2D eigenvalue weighted by molar-refractivity contribution is 7.99. The second-order valence-corrected chi connectivity index (χ2v) is 7.71. The lowest BCUT2D eigenvalue weighted by atomic mass is 10.1. The molecule has 0 saturated carbocycles. The SMILES string of the molecule is CCCCn1c(SCC(=O)Nc2ccccc2CC)nc2cc(C)[nH]c2c1=O. The van der Waals surface area contributed by atoms with Gasteiger partial charge in [0.2, 0.25) is 5.91 Å². The highest BCUT2D eigenvalue weighted by Gasteiger charge is 2.15. The molecule has 3 aromatic rings. The molecule has 0 radical (unpaired) electrons. The molecular weight excluding hydrogens is 372 g/mol. The summed E-state index contributed by atoms with van der Waals surface area (Å²) in [4.78, 5) is 33.1. The van der Waals surface area contributed by atoms with E-state index in [4.69, 9.17) is 0 Å². The Kier molecular flexibility index (Phi) is 6.57. The van der Waals surface area contributed by atoms with E-state index >= 15 is 0 Å². The highest BCUT2D eigenvalue weighted by Crippen LogP contribution is 2.20. The first-order valence-electron chi connectivity index (χ1n) is 9.64. The number of aromatic nitrogens is 3. The molecule has 1 aromatic carbocycles. The van der Waals surface area contributed by atoms with Gasteiger partial charge in [0.1, 0.15) is 5.52 Å². The number of rotatable bonds is 8. The van der Waals surface area contributed by atoms with E-state index < -0.39 is 0 Å². The number of carbonyl (C=O) groups excluding carboxylic acids is 1. The molecule has 0 bridgehead atoms. The van der Waals surface area contributed by atoms with E-state index in [0.717, 1.165) is 36.2 Å². The molecule has 0 saturated heterocycles. The fourth-order valence-corrected chi connectivity index (χ4v) is 3.93. The predicted octanol–water partition coefficient (Wildman–Crippen LogP) is 4.13. The molecule has 0 aliphatic rings. The van der Waals surface area contributed by atoms with Crippen LogP contribution in [0.2, 0.25) is 0 Å². The van der Waals surface area contributed by atoms with Gasteiger partial charge in [-0.3, -0.25) is 14.2 Å². The zero-order valence-electron chi connectivity index (χ0n) is 16.5. The summed E-state index contributed by atoms with van der Waals surface area (Å²) in [5.41, 5.74) is 3.93. The number of fused-ring (bicyclic) bond motifs is 1. The average molecular weight is 399 g/mol. The van der Waals surface area contributed by atoms with Gasteiger partial charge in [-0.15, -0.1) is 0 Å². The third kappa shape index (κ3) is 4.47. The van der Waals surface area contributed by atoms with Crippen molar-refractivity contribution in [1.82, 2.24) is 14.5 Å². The second-order valence-electron chi connectivity index (χ2n) is 6.76. The molecule has 3 rings (SSSR count). The van der Waals surface area contributed by atoms with Gasteiger partial charge in [-0.05, 0) is 37.5 Å². The van der Waals surface area contributed by atoms with Crippen LogP contribution in [0.25, 0.3) is 11.0 Å². The summed E-state index contributed by atoms with van der Waals surface area (Å²) >= 11 is 1.30. The number of H-pyrrole nitrogens is 1. The number of carbonyl (C=O) groups is 1. The summed E-state index contributed by atoms with van der Waals surface area (Å²) in [6.45, 7) is 6.65. The number of benzene rings is 1. The summed E-state index contributed by atoms with van der Waals surface area (Å²) in [6.07, 6.45) is 2.72. The van der Waals surface area contributed by atoms with Gasteiger partial charge in [-0.2, -0.15) is 0 Å². The molecular formula is C21H26N4O2S. The number of hydrogen-bond acceptors (Lipinski definition) is 4. The lowest BCUT2D eigenvalue weighted by Crippen LogP contribution is -2.24. The summed E-state index contributed by atoms with van der Waals surface area (Å²) in [7, 11) is 0. The van der Waals surface area contributed by atoms with E-state index in [1.54, 1.807) is 4.57 Å². The van der Waals surface area contributed by atoms with Crippen molar-refractivity contribution in [3.8, 4) is 0 Å². The first-order chi connectivity index (χ1) is 13.5. The number of unbranched alkanes of at least 4 members (excludes halogenated alkanes) is 1. The summed E-state index contributed by atoms with van der Waals surface area (Å²) in [5.74, 6) is 0.0958. The number of aromatic amines is 1. The molecule has 2 N–H and O–H groups in total. The van der Waals surface area contributed by atoms with Gasteiger partial charge in [0.15, 0.2) is 5.16 Å². The van der Waals surface area contributed by atoms with Gasteiger partial charge in [-0.1, -0.05) is 50.2 Å². The van der Waals surface area contributed by atoms with Gasteiger partial charge in [0.05, 0.1) is 11.3 Å². The minimum Gasteiger partial charge on any atom is -0.353 e. The summed E-state index contributed by atoms with van der Waals surface area (Å²) in [5, 5.41) is 3.56. The molecule has 28 heavy (non-hydrogen) atoms. The normalized spacial score (nSPS) is 11.1. The number of amides is 1. The number of para-hydroxylation sites is 1. The van der Waals surface area contributed by atoms with Crippen molar-refractivity contribution in [2.75, 3.05) is 11.1 Å². The maximum Gasteiger partial charge on any atom is 0.278 e. The number of aryl methyl sites for hydroxylation is 2. The maximum atomic E-state index is 12.9. The van der Waals surface area contributed by atoms with E-state index in [-0.39, 0.29) is 17.2 Å². The van der Waals surface area contributed by atoms with E-state index in [0.29, 0.717) is 22.7 Å². The van der Waals surface area contributed by atoms with Crippen LogP contribution in [0.3, 0.4) is 0 Å². The van der Waals surface area contributed by atoms with Crippen LogP contribution < -0.4 is 10.9 Å².